The van der Waals surface area contributed by atoms with Gasteiger partial charge >= 0.3 is 0 Å². The second kappa shape index (κ2) is 6.59. The van der Waals surface area contributed by atoms with Gasteiger partial charge in [-0.3, -0.25) is 4.79 Å². The van der Waals surface area contributed by atoms with E-state index < -0.39 is 0 Å². The first-order valence-electron chi connectivity index (χ1n) is 7.26. The van der Waals surface area contributed by atoms with E-state index >= 15 is 0 Å². The van der Waals surface area contributed by atoms with Crippen molar-refractivity contribution in [3.05, 3.63) is 29.3 Å². The molecule has 1 amide bonds. The van der Waals surface area contributed by atoms with Crippen LogP contribution in [0, 0.1) is 5.41 Å². The van der Waals surface area contributed by atoms with Crippen LogP contribution in [-0.4, -0.2) is 35.2 Å². The maximum absolute atomic E-state index is 12.6. The molecule has 2 N–H and O–H groups in total. The van der Waals surface area contributed by atoms with Crippen LogP contribution in [0.5, 0.6) is 0 Å². The van der Waals surface area contributed by atoms with Crippen LogP contribution in [0.1, 0.15) is 27.2 Å². The van der Waals surface area contributed by atoms with Gasteiger partial charge in [-0.1, -0.05) is 25.4 Å². The van der Waals surface area contributed by atoms with Crippen LogP contribution in [0.4, 0.5) is 0 Å². The first kappa shape index (κ1) is 16.7. The third kappa shape index (κ3) is 4.15. The molecule has 0 radical (unpaired) electrons. The Hall–Kier alpha value is -0.710. The van der Waals surface area contributed by atoms with Crippen molar-refractivity contribution in [3.63, 3.8) is 0 Å². The molecule has 1 aromatic carbocycles. The minimum Gasteiger partial charge on any atom is -0.341 e. The van der Waals surface area contributed by atoms with E-state index in [0.717, 1.165) is 24.4 Å². The van der Waals surface area contributed by atoms with E-state index in [1.54, 1.807) is 11.8 Å². The predicted octanol–water partition coefficient (Wildman–Crippen LogP) is 3.41. The molecule has 1 heterocycles. The third-order valence-corrected chi connectivity index (χ3v) is 5.45. The van der Waals surface area contributed by atoms with E-state index in [4.69, 9.17) is 17.3 Å². The van der Waals surface area contributed by atoms with E-state index in [2.05, 4.69) is 13.8 Å². The van der Waals surface area contributed by atoms with Gasteiger partial charge in [0.2, 0.25) is 5.91 Å². The van der Waals surface area contributed by atoms with Gasteiger partial charge in [0.15, 0.2) is 0 Å². The van der Waals surface area contributed by atoms with Gasteiger partial charge in [0.1, 0.15) is 0 Å². The Morgan fingerprint density at radius 2 is 2.05 bits per heavy atom. The number of likely N-dealkylation sites (tertiary alicyclic amines) is 1. The van der Waals surface area contributed by atoms with E-state index in [1.807, 2.05) is 36.1 Å². The molecule has 1 fully saturated rings. The second-order valence-corrected chi connectivity index (χ2v) is 8.21. The van der Waals surface area contributed by atoms with Crippen molar-refractivity contribution in [3.8, 4) is 0 Å². The lowest BCUT2D eigenvalue weighted by atomic mass is 9.79. The average Bonchev–Trinajstić information content (AvgIpc) is 2.43. The highest BCUT2D eigenvalue weighted by atomic mass is 35.5. The number of amides is 1. The summed E-state index contributed by atoms with van der Waals surface area (Å²) in [5, 5.41) is 0.612. The number of benzene rings is 1. The van der Waals surface area contributed by atoms with Crippen molar-refractivity contribution in [2.24, 2.45) is 11.1 Å². The van der Waals surface area contributed by atoms with Gasteiger partial charge in [0, 0.05) is 29.0 Å². The minimum absolute atomic E-state index is 0.0153. The maximum atomic E-state index is 12.6. The Balaban J connectivity index is 1.98. The highest BCUT2D eigenvalue weighted by Crippen LogP contribution is 2.31. The lowest BCUT2D eigenvalue weighted by Crippen LogP contribution is -2.55. The van der Waals surface area contributed by atoms with Gasteiger partial charge in [-0.2, -0.15) is 0 Å². The van der Waals surface area contributed by atoms with Crippen LogP contribution in [0.2, 0.25) is 5.02 Å². The van der Waals surface area contributed by atoms with E-state index in [1.165, 1.54) is 0 Å². The molecule has 2 atom stereocenters. The molecule has 2 rings (SSSR count). The first-order chi connectivity index (χ1) is 9.79. The second-order valence-electron chi connectivity index (χ2n) is 6.36. The number of nitrogens with two attached hydrogens (primary N) is 1. The zero-order valence-corrected chi connectivity index (χ0v) is 14.4. The summed E-state index contributed by atoms with van der Waals surface area (Å²) in [6.07, 6.45) is 0.872. The van der Waals surface area contributed by atoms with Crippen molar-refractivity contribution in [1.29, 1.82) is 0 Å². The number of thioether (sulfide) groups is 1. The fraction of sp³-hybridized carbons (Fsp3) is 0.562. The van der Waals surface area contributed by atoms with E-state index in [9.17, 15) is 4.79 Å². The molecule has 2 unspecified atom stereocenters. The van der Waals surface area contributed by atoms with Crippen molar-refractivity contribution in [1.82, 2.24) is 4.90 Å². The standard InChI is InChI=1S/C16H23ClN2OS/c1-11(21-13-6-4-12(17)5-7-13)15(20)19-9-8-14(18)16(2,3)10-19/h4-7,11,14H,8-10,18H2,1-3H3. The zero-order chi connectivity index (χ0) is 15.6. The summed E-state index contributed by atoms with van der Waals surface area (Å²) in [7, 11) is 0. The molecule has 0 saturated carbocycles. The fourth-order valence-corrected chi connectivity index (χ4v) is 3.66. The summed E-state index contributed by atoms with van der Waals surface area (Å²) >= 11 is 7.46. The average molecular weight is 327 g/mol. The Morgan fingerprint density at radius 1 is 1.43 bits per heavy atom. The maximum Gasteiger partial charge on any atom is 0.235 e. The third-order valence-electron chi connectivity index (χ3n) is 4.10. The van der Waals surface area contributed by atoms with Gasteiger partial charge in [-0.15, -0.1) is 11.8 Å². The van der Waals surface area contributed by atoms with Gasteiger partial charge < -0.3 is 10.6 Å². The van der Waals surface area contributed by atoms with Crippen LogP contribution < -0.4 is 5.73 Å². The summed E-state index contributed by atoms with van der Waals surface area (Å²) in [6, 6.07) is 7.77. The van der Waals surface area contributed by atoms with Gasteiger partial charge in [0.05, 0.1) is 5.25 Å². The van der Waals surface area contributed by atoms with Gasteiger partial charge in [0.25, 0.3) is 0 Å². The fourth-order valence-electron chi connectivity index (χ4n) is 2.59. The molecule has 116 valence electrons. The first-order valence-corrected chi connectivity index (χ1v) is 8.52. The Kier molecular flexibility index (Phi) is 5.23. The van der Waals surface area contributed by atoms with Crippen LogP contribution in [0.15, 0.2) is 29.2 Å². The molecule has 1 aromatic rings. The number of halogens is 1. The molecule has 1 saturated heterocycles. The highest BCUT2D eigenvalue weighted by molar-refractivity contribution is 8.00. The van der Waals surface area contributed by atoms with Gasteiger partial charge in [-0.25, -0.2) is 0 Å². The van der Waals surface area contributed by atoms with Crippen LogP contribution in [0.25, 0.3) is 0 Å². The highest BCUT2D eigenvalue weighted by Gasteiger charge is 2.36. The van der Waals surface area contributed by atoms with Crippen molar-refractivity contribution in [2.75, 3.05) is 13.1 Å². The predicted molar refractivity (Wildman–Crippen MR) is 89.7 cm³/mol. The summed E-state index contributed by atoms with van der Waals surface area (Å²) in [5.41, 5.74) is 6.12. The molecule has 1 aliphatic heterocycles. The monoisotopic (exact) mass is 326 g/mol. The molecule has 0 aliphatic carbocycles. The molecule has 0 spiro atoms. The summed E-state index contributed by atoms with van der Waals surface area (Å²) in [6.45, 7) is 7.72. The number of carbonyl (C=O) groups excluding carboxylic acids is 1. The quantitative estimate of drug-likeness (QED) is 0.866. The van der Waals surface area contributed by atoms with Crippen molar-refractivity contribution >= 4 is 29.3 Å². The van der Waals surface area contributed by atoms with Crippen molar-refractivity contribution in [2.45, 2.75) is 43.4 Å². The number of rotatable bonds is 3. The molecule has 1 aliphatic rings. The Morgan fingerprint density at radius 3 is 2.62 bits per heavy atom. The number of nitrogens with zero attached hydrogens (tertiary/aromatic N) is 1. The molecule has 21 heavy (non-hydrogen) atoms. The van der Waals surface area contributed by atoms with E-state index in [0.29, 0.717) is 5.02 Å². The van der Waals surface area contributed by atoms with E-state index in [-0.39, 0.29) is 22.6 Å². The molecule has 0 aromatic heterocycles. The Labute approximate surface area is 136 Å². The number of carbonyl (C=O) groups is 1. The lowest BCUT2D eigenvalue weighted by Gasteiger charge is -2.43. The summed E-state index contributed by atoms with van der Waals surface area (Å²) in [4.78, 5) is 15.6. The number of hydrogen-bond donors (Lipinski definition) is 1. The van der Waals surface area contributed by atoms with Crippen LogP contribution >= 0.6 is 23.4 Å². The van der Waals surface area contributed by atoms with Crippen LogP contribution in [0.3, 0.4) is 0 Å². The van der Waals surface area contributed by atoms with Gasteiger partial charge in [-0.05, 0) is 43.0 Å². The lowest BCUT2D eigenvalue weighted by molar-refractivity contribution is -0.133. The normalized spacial score (nSPS) is 22.9. The molecular formula is C16H23ClN2OS. The summed E-state index contributed by atoms with van der Waals surface area (Å²) in [5.74, 6) is 0.190. The molecule has 3 nitrogen and oxygen atoms in total. The number of hydrogen-bond acceptors (Lipinski definition) is 3. The summed E-state index contributed by atoms with van der Waals surface area (Å²) < 4.78 is 0. The topological polar surface area (TPSA) is 46.3 Å². The Bertz CT molecular complexity index is 504. The van der Waals surface area contributed by atoms with Crippen molar-refractivity contribution < 1.29 is 4.79 Å². The molecule has 5 heteroatoms. The SMILES string of the molecule is CC(Sc1ccc(Cl)cc1)C(=O)N1CCC(N)C(C)(C)C1. The largest absolute Gasteiger partial charge is 0.341 e. The minimum atomic E-state index is -0.101. The molecular weight excluding hydrogens is 304 g/mol. The smallest absolute Gasteiger partial charge is 0.235 e. The molecule has 0 bridgehead atoms. The number of piperidine rings is 1. The zero-order valence-electron chi connectivity index (χ0n) is 12.8. The van der Waals surface area contributed by atoms with Crippen LogP contribution in [-0.2, 0) is 4.79 Å².